The third-order valence-corrected chi connectivity index (χ3v) is 7.83. The van der Waals surface area contributed by atoms with E-state index in [0.717, 1.165) is 55.3 Å². The molecular formula is C39H23N5O. The van der Waals surface area contributed by atoms with Gasteiger partial charge in [0.05, 0.1) is 11.6 Å². The van der Waals surface area contributed by atoms with Gasteiger partial charge in [-0.15, -0.1) is 0 Å². The Labute approximate surface area is 259 Å². The first-order valence-corrected chi connectivity index (χ1v) is 14.5. The quantitative estimate of drug-likeness (QED) is 0.202. The Kier molecular flexibility index (Phi) is 6.40. The van der Waals surface area contributed by atoms with Crippen molar-refractivity contribution in [2.75, 3.05) is 0 Å². The molecule has 0 aliphatic rings. The summed E-state index contributed by atoms with van der Waals surface area (Å²) >= 11 is 0. The lowest BCUT2D eigenvalue weighted by molar-refractivity contribution is 0.669. The van der Waals surface area contributed by atoms with Crippen LogP contribution >= 0.6 is 0 Å². The van der Waals surface area contributed by atoms with Crippen LogP contribution in [0, 0.1) is 11.3 Å². The summed E-state index contributed by atoms with van der Waals surface area (Å²) in [6, 6.07) is 46.0. The van der Waals surface area contributed by atoms with E-state index in [4.69, 9.17) is 24.4 Å². The summed E-state index contributed by atoms with van der Waals surface area (Å²) in [6.45, 7) is 0. The Morgan fingerprint density at radius 1 is 0.511 bits per heavy atom. The molecule has 0 aliphatic heterocycles. The molecule has 3 heterocycles. The van der Waals surface area contributed by atoms with Crippen molar-refractivity contribution in [2.24, 2.45) is 0 Å². The Balaban J connectivity index is 1.24. The van der Waals surface area contributed by atoms with E-state index in [1.807, 2.05) is 103 Å². The normalized spacial score (nSPS) is 11.1. The Morgan fingerprint density at radius 3 is 1.96 bits per heavy atom. The van der Waals surface area contributed by atoms with E-state index in [1.165, 1.54) is 0 Å². The molecule has 0 fully saturated rings. The largest absolute Gasteiger partial charge is 0.456 e. The van der Waals surface area contributed by atoms with Crippen molar-refractivity contribution in [2.45, 2.75) is 0 Å². The predicted octanol–water partition coefficient (Wildman–Crippen LogP) is 9.37. The zero-order valence-corrected chi connectivity index (χ0v) is 23.9. The van der Waals surface area contributed by atoms with E-state index >= 15 is 0 Å². The van der Waals surface area contributed by atoms with Gasteiger partial charge >= 0.3 is 0 Å². The minimum atomic E-state index is 0.465. The molecule has 0 saturated heterocycles. The molecule has 6 nitrogen and oxygen atoms in total. The summed E-state index contributed by atoms with van der Waals surface area (Å²) in [5.41, 5.74) is 8.59. The van der Waals surface area contributed by atoms with E-state index in [-0.39, 0.29) is 0 Å². The van der Waals surface area contributed by atoms with Gasteiger partial charge in [0.2, 0.25) is 0 Å². The fourth-order valence-electron chi connectivity index (χ4n) is 5.62. The van der Waals surface area contributed by atoms with Gasteiger partial charge in [-0.1, -0.05) is 97.1 Å². The zero-order chi connectivity index (χ0) is 30.2. The van der Waals surface area contributed by atoms with Crippen LogP contribution in [0.3, 0.4) is 0 Å². The molecule has 5 aromatic carbocycles. The molecule has 0 N–H and O–H groups in total. The second kappa shape index (κ2) is 11.0. The number of nitriles is 1. The summed E-state index contributed by atoms with van der Waals surface area (Å²) in [7, 11) is 0. The molecule has 0 unspecified atom stereocenters. The highest BCUT2D eigenvalue weighted by Gasteiger charge is 2.17. The van der Waals surface area contributed by atoms with Gasteiger partial charge in [-0.25, -0.2) is 15.0 Å². The minimum Gasteiger partial charge on any atom is -0.456 e. The monoisotopic (exact) mass is 577 g/mol. The molecular weight excluding hydrogens is 554 g/mol. The number of aromatic nitrogens is 4. The molecule has 45 heavy (non-hydrogen) atoms. The summed E-state index contributed by atoms with van der Waals surface area (Å²) < 4.78 is 6.37. The van der Waals surface area contributed by atoms with Crippen LogP contribution in [0.5, 0.6) is 0 Å². The highest BCUT2D eigenvalue weighted by Crippen LogP contribution is 2.38. The Morgan fingerprint density at radius 2 is 1.20 bits per heavy atom. The predicted molar refractivity (Wildman–Crippen MR) is 177 cm³/mol. The zero-order valence-electron chi connectivity index (χ0n) is 23.9. The lowest BCUT2D eigenvalue weighted by atomic mass is 9.99. The van der Waals surface area contributed by atoms with Crippen molar-refractivity contribution in [1.82, 2.24) is 19.9 Å². The number of benzene rings is 5. The number of nitrogens with zero attached hydrogens (tertiary/aromatic N) is 5. The van der Waals surface area contributed by atoms with E-state index in [1.54, 1.807) is 12.3 Å². The van der Waals surface area contributed by atoms with Gasteiger partial charge in [-0.3, -0.25) is 4.98 Å². The molecule has 0 spiro atoms. The number of fused-ring (bicyclic) bond motifs is 3. The van der Waals surface area contributed by atoms with Crippen molar-refractivity contribution < 1.29 is 4.42 Å². The van der Waals surface area contributed by atoms with Crippen LogP contribution in [0.15, 0.2) is 144 Å². The molecule has 0 radical (unpaired) electrons. The molecule has 6 heteroatoms. The van der Waals surface area contributed by atoms with E-state index in [9.17, 15) is 5.26 Å². The van der Waals surface area contributed by atoms with Crippen LogP contribution in [0.4, 0.5) is 0 Å². The van der Waals surface area contributed by atoms with E-state index in [0.29, 0.717) is 28.7 Å². The lowest BCUT2D eigenvalue weighted by Crippen LogP contribution is -2.01. The molecule has 3 aromatic heterocycles. The fraction of sp³-hybridized carbons (Fsp3) is 0. The number of rotatable bonds is 5. The summed E-state index contributed by atoms with van der Waals surface area (Å²) in [5, 5.41) is 11.4. The number of pyridine rings is 1. The number of hydrogen-bond donors (Lipinski definition) is 0. The molecule has 0 aliphatic carbocycles. The minimum absolute atomic E-state index is 0.465. The Hall–Kier alpha value is -6.45. The van der Waals surface area contributed by atoms with Crippen molar-refractivity contribution >= 4 is 21.9 Å². The SMILES string of the molecule is N#Cc1cccc(-c2ccc(-c3nc(-c4ccccc4)nc(-c4ccc5c(c4)oc4cccc(-c6ccccc6)c45)n3)nc2)c1. The second-order valence-corrected chi connectivity index (χ2v) is 10.7. The molecule has 210 valence electrons. The standard InChI is InChI=1S/C39H23N5O/c40-23-25-9-7-14-28(21-25)30-18-20-33(41-24-30)39-43-37(27-12-5-2-6-13-27)42-38(44-39)29-17-19-32-35(22-29)45-34-16-8-15-31(36(32)34)26-10-3-1-4-11-26/h1-22,24H. The van der Waals surface area contributed by atoms with Crippen LogP contribution < -0.4 is 0 Å². The van der Waals surface area contributed by atoms with Crippen LogP contribution in [0.2, 0.25) is 0 Å². The van der Waals surface area contributed by atoms with Gasteiger partial charge in [-0.2, -0.15) is 5.26 Å². The average Bonchev–Trinajstić information content (AvgIpc) is 3.50. The van der Waals surface area contributed by atoms with Gasteiger partial charge < -0.3 is 4.42 Å². The van der Waals surface area contributed by atoms with Crippen molar-refractivity contribution in [3.63, 3.8) is 0 Å². The van der Waals surface area contributed by atoms with E-state index < -0.39 is 0 Å². The first-order chi connectivity index (χ1) is 22.2. The molecule has 0 saturated carbocycles. The maximum absolute atomic E-state index is 9.30. The van der Waals surface area contributed by atoms with Gasteiger partial charge in [-0.05, 0) is 53.1 Å². The lowest BCUT2D eigenvalue weighted by Gasteiger charge is -2.09. The first kappa shape index (κ1) is 26.2. The summed E-state index contributed by atoms with van der Waals surface area (Å²) in [6.07, 6.45) is 1.78. The number of furan rings is 1. The maximum Gasteiger partial charge on any atom is 0.182 e. The third kappa shape index (κ3) is 4.89. The first-order valence-electron chi connectivity index (χ1n) is 14.5. The van der Waals surface area contributed by atoms with Crippen LogP contribution in [-0.2, 0) is 0 Å². The second-order valence-electron chi connectivity index (χ2n) is 10.7. The van der Waals surface area contributed by atoms with Crippen LogP contribution in [0.25, 0.3) is 78.5 Å². The molecule has 8 rings (SSSR count). The van der Waals surface area contributed by atoms with Crippen molar-refractivity contribution in [1.29, 1.82) is 5.26 Å². The van der Waals surface area contributed by atoms with Crippen LogP contribution in [0.1, 0.15) is 5.56 Å². The average molecular weight is 578 g/mol. The number of hydrogen-bond acceptors (Lipinski definition) is 6. The summed E-state index contributed by atoms with van der Waals surface area (Å²) in [4.78, 5) is 19.3. The maximum atomic E-state index is 9.30. The topological polar surface area (TPSA) is 88.5 Å². The van der Waals surface area contributed by atoms with Crippen molar-refractivity contribution in [3.05, 3.63) is 145 Å². The van der Waals surface area contributed by atoms with Gasteiger partial charge in [0, 0.05) is 33.7 Å². The molecule has 0 bridgehead atoms. The van der Waals surface area contributed by atoms with Crippen LogP contribution in [-0.4, -0.2) is 19.9 Å². The fourth-order valence-corrected chi connectivity index (χ4v) is 5.62. The molecule has 0 amide bonds. The van der Waals surface area contributed by atoms with Crippen molar-refractivity contribution in [3.8, 4) is 62.6 Å². The van der Waals surface area contributed by atoms with Gasteiger partial charge in [0.1, 0.15) is 16.9 Å². The Bertz CT molecular complexity index is 2370. The van der Waals surface area contributed by atoms with Gasteiger partial charge in [0.15, 0.2) is 17.5 Å². The third-order valence-electron chi connectivity index (χ3n) is 7.83. The van der Waals surface area contributed by atoms with E-state index in [2.05, 4.69) is 30.3 Å². The smallest absolute Gasteiger partial charge is 0.182 e. The van der Waals surface area contributed by atoms with Gasteiger partial charge in [0.25, 0.3) is 0 Å². The highest BCUT2D eigenvalue weighted by molar-refractivity contribution is 6.12. The summed E-state index contributed by atoms with van der Waals surface area (Å²) in [5.74, 6) is 1.55. The molecule has 0 atom stereocenters. The highest BCUT2D eigenvalue weighted by atomic mass is 16.3. The molecule has 8 aromatic rings.